The second kappa shape index (κ2) is 54.5. The zero-order chi connectivity index (χ0) is 53.5. The van der Waals surface area contributed by atoms with Gasteiger partial charge >= 0.3 is 0 Å². The van der Waals surface area contributed by atoms with Gasteiger partial charge in [-0.05, 0) is 70.6 Å². The molecule has 0 aromatic rings. The first kappa shape index (κ1) is 70.7. The van der Waals surface area contributed by atoms with Crippen molar-refractivity contribution in [3.63, 3.8) is 0 Å². The Hall–Kier alpha value is -2.32. The minimum atomic E-state index is -4.58. The first-order valence-electron chi connectivity index (χ1n) is 30.4. The van der Waals surface area contributed by atoms with E-state index < -0.39 is 20.0 Å². The van der Waals surface area contributed by atoms with Crippen molar-refractivity contribution in [3.05, 3.63) is 85.1 Å². The summed E-state index contributed by atoms with van der Waals surface area (Å²) in [5, 5.41) is 14.0. The molecule has 3 unspecified atom stereocenters. The zero-order valence-electron chi connectivity index (χ0n) is 48.3. The van der Waals surface area contributed by atoms with Gasteiger partial charge in [0, 0.05) is 6.42 Å². The topological polar surface area (TPSA) is 108 Å². The lowest BCUT2D eigenvalue weighted by molar-refractivity contribution is -0.870. The summed E-state index contributed by atoms with van der Waals surface area (Å²) < 4.78 is 23.5. The lowest BCUT2D eigenvalue weighted by Crippen LogP contribution is -2.46. The van der Waals surface area contributed by atoms with Gasteiger partial charge in [-0.3, -0.25) is 9.36 Å². The third kappa shape index (κ3) is 57.2. The van der Waals surface area contributed by atoms with E-state index in [2.05, 4.69) is 104 Å². The van der Waals surface area contributed by atoms with Gasteiger partial charge in [-0.2, -0.15) is 0 Å². The van der Waals surface area contributed by atoms with E-state index in [1.807, 2.05) is 21.1 Å². The summed E-state index contributed by atoms with van der Waals surface area (Å²) in [6, 6.07) is -0.814. The van der Waals surface area contributed by atoms with Gasteiger partial charge in [0.05, 0.1) is 39.9 Å². The second-order valence-corrected chi connectivity index (χ2v) is 23.1. The van der Waals surface area contributed by atoms with Crippen molar-refractivity contribution in [1.29, 1.82) is 0 Å². The van der Waals surface area contributed by atoms with E-state index in [-0.39, 0.29) is 19.1 Å². The number of amides is 1. The fourth-order valence-corrected chi connectivity index (χ4v) is 9.39. The summed E-state index contributed by atoms with van der Waals surface area (Å²) in [5.74, 6) is -0.177. The van der Waals surface area contributed by atoms with Crippen LogP contribution in [0.3, 0.4) is 0 Å². The van der Waals surface area contributed by atoms with Gasteiger partial charge < -0.3 is 28.8 Å². The summed E-state index contributed by atoms with van der Waals surface area (Å²) in [5.41, 5.74) is 0. The molecule has 0 fully saturated rings. The van der Waals surface area contributed by atoms with Crippen LogP contribution in [-0.4, -0.2) is 68.5 Å². The molecule has 0 saturated carbocycles. The number of rotatable bonds is 55. The number of allylic oxidation sites excluding steroid dienone is 14. The maximum absolute atomic E-state index is 13.0. The van der Waals surface area contributed by atoms with Crippen molar-refractivity contribution in [2.75, 3.05) is 40.9 Å². The molecule has 0 radical (unpaired) electrons. The minimum Gasteiger partial charge on any atom is -0.756 e. The van der Waals surface area contributed by atoms with Gasteiger partial charge in [0.15, 0.2) is 0 Å². The van der Waals surface area contributed by atoms with E-state index in [9.17, 15) is 19.4 Å². The van der Waals surface area contributed by atoms with Crippen molar-refractivity contribution in [2.24, 2.45) is 0 Å². The molecule has 0 aromatic carbocycles. The van der Waals surface area contributed by atoms with E-state index in [0.29, 0.717) is 23.9 Å². The Bertz CT molecular complexity index is 1460. The van der Waals surface area contributed by atoms with Gasteiger partial charge in [-0.1, -0.05) is 272 Å². The number of carbonyl (C=O) groups excluding carboxylic acids is 1. The monoisotopic (exact) mass is 1040 g/mol. The molecule has 2 N–H and O–H groups in total. The second-order valence-electron chi connectivity index (χ2n) is 21.7. The Kier molecular flexibility index (Phi) is 52.7. The number of phosphoric acid groups is 1. The Morgan fingerprint density at radius 1 is 0.493 bits per heavy atom. The molecule has 0 aliphatic heterocycles. The Morgan fingerprint density at radius 2 is 0.836 bits per heavy atom. The molecule has 0 aliphatic rings. The average molecular weight is 1040 g/mol. The summed E-state index contributed by atoms with van der Waals surface area (Å²) >= 11 is 0. The van der Waals surface area contributed by atoms with E-state index in [4.69, 9.17) is 9.05 Å². The number of hydrogen-bond acceptors (Lipinski definition) is 6. The number of likely N-dealkylation sites (N-methyl/N-ethyl adjacent to an activating group) is 1. The van der Waals surface area contributed by atoms with Crippen LogP contribution in [0, 0.1) is 0 Å². The molecule has 0 rings (SSSR count). The van der Waals surface area contributed by atoms with Crippen LogP contribution in [0.25, 0.3) is 0 Å². The molecular formula is C64H117N2O6P. The average Bonchev–Trinajstić information content (AvgIpc) is 3.35. The molecule has 1 amide bonds. The number of nitrogens with one attached hydrogen (secondary N) is 1. The smallest absolute Gasteiger partial charge is 0.268 e. The maximum atomic E-state index is 13.0. The number of phosphoric ester groups is 1. The van der Waals surface area contributed by atoms with Crippen LogP contribution in [0.4, 0.5) is 0 Å². The van der Waals surface area contributed by atoms with Crippen LogP contribution < -0.4 is 10.2 Å². The number of aliphatic hydroxyl groups is 1. The Labute approximate surface area is 452 Å². The first-order chi connectivity index (χ1) is 35.5. The summed E-state index contributed by atoms with van der Waals surface area (Å²) in [6.45, 7) is 4.62. The number of quaternary nitrogens is 1. The molecular weight excluding hydrogens is 924 g/mol. The van der Waals surface area contributed by atoms with E-state index in [1.54, 1.807) is 0 Å². The zero-order valence-corrected chi connectivity index (χ0v) is 49.2. The molecule has 0 spiro atoms. The predicted octanol–water partition coefficient (Wildman–Crippen LogP) is 18.2. The SMILES string of the molecule is CC/C=C\C/C=C\C/C=C\C/C=C\C/C=C\C/C=C\C/C=C\CCCCCCCCCC(=O)NC(COP(=O)([O-])OCC[N+](C)(C)C)C(O)CCCCCCCCCCCCCCCCCCCCCCCC. The number of carbonyl (C=O) groups is 1. The fraction of sp³-hybridized carbons (Fsp3) is 0.766. The third-order valence-electron chi connectivity index (χ3n) is 13.4. The standard InChI is InChI=1S/C64H117N2O6P/c1-6-8-10-12-14-16-18-20-22-24-26-28-30-31-32-33-34-35-36-38-40-42-44-46-48-50-52-54-56-58-64(68)65-62(61-72-73(69,70)71-60-59-66(3,4)5)63(67)57-55-53-51-49-47-45-43-41-39-37-29-27-25-23-21-19-17-15-13-11-9-7-2/h8,10,14,16,20,22,26,28,31-32,34-35,38,40,62-63,67H,6-7,9,11-13,15,17-19,21,23-25,27,29-30,33,36-37,39,41-61H2,1-5H3,(H-,65,68,69,70)/b10-8-,16-14-,22-20-,28-26-,32-31-,35-34-,40-38-. The summed E-state index contributed by atoms with van der Waals surface area (Å²) in [4.78, 5) is 25.6. The van der Waals surface area contributed by atoms with Gasteiger partial charge in [0.25, 0.3) is 7.82 Å². The van der Waals surface area contributed by atoms with Gasteiger partial charge in [-0.15, -0.1) is 0 Å². The van der Waals surface area contributed by atoms with Crippen LogP contribution >= 0.6 is 7.82 Å². The highest BCUT2D eigenvalue weighted by Crippen LogP contribution is 2.38. The highest BCUT2D eigenvalue weighted by molar-refractivity contribution is 7.45. The van der Waals surface area contributed by atoms with E-state index in [1.165, 1.54) is 141 Å². The molecule has 0 aliphatic carbocycles. The molecule has 8 nitrogen and oxygen atoms in total. The number of unbranched alkanes of at least 4 members (excludes halogenated alkanes) is 28. The van der Waals surface area contributed by atoms with Crippen LogP contribution in [0.2, 0.25) is 0 Å². The van der Waals surface area contributed by atoms with Gasteiger partial charge in [0.2, 0.25) is 5.91 Å². The van der Waals surface area contributed by atoms with Crippen LogP contribution in [0.1, 0.15) is 264 Å². The predicted molar refractivity (Wildman–Crippen MR) is 316 cm³/mol. The summed E-state index contributed by atoms with van der Waals surface area (Å²) in [7, 11) is 1.29. The van der Waals surface area contributed by atoms with Crippen molar-refractivity contribution < 1.29 is 32.9 Å². The molecule has 0 bridgehead atoms. The molecule has 0 saturated heterocycles. The van der Waals surface area contributed by atoms with E-state index >= 15 is 0 Å². The molecule has 9 heteroatoms. The third-order valence-corrected chi connectivity index (χ3v) is 14.4. The Morgan fingerprint density at radius 3 is 1.22 bits per heavy atom. The molecule has 3 atom stereocenters. The van der Waals surface area contributed by atoms with Crippen LogP contribution in [0.5, 0.6) is 0 Å². The van der Waals surface area contributed by atoms with Crippen LogP contribution in [-0.2, 0) is 18.4 Å². The minimum absolute atomic E-state index is 0.00606. The lowest BCUT2D eigenvalue weighted by atomic mass is 10.0. The van der Waals surface area contributed by atoms with Crippen molar-refractivity contribution in [2.45, 2.75) is 276 Å². The van der Waals surface area contributed by atoms with Gasteiger partial charge in [-0.25, -0.2) is 0 Å². The quantitative estimate of drug-likeness (QED) is 0.0272. The molecule has 73 heavy (non-hydrogen) atoms. The van der Waals surface area contributed by atoms with Crippen LogP contribution in [0.15, 0.2) is 85.1 Å². The Balaban J connectivity index is 4.20. The largest absolute Gasteiger partial charge is 0.756 e. The maximum Gasteiger partial charge on any atom is 0.268 e. The fourth-order valence-electron chi connectivity index (χ4n) is 8.67. The summed E-state index contributed by atoms with van der Waals surface area (Å²) in [6.07, 6.45) is 76.1. The van der Waals surface area contributed by atoms with E-state index in [0.717, 1.165) is 96.3 Å². The number of aliphatic hydroxyl groups excluding tert-OH is 1. The lowest BCUT2D eigenvalue weighted by Gasteiger charge is -2.30. The highest BCUT2D eigenvalue weighted by atomic mass is 31.2. The molecule has 0 aromatic heterocycles. The van der Waals surface area contributed by atoms with Gasteiger partial charge in [0.1, 0.15) is 13.2 Å². The molecule has 0 heterocycles. The van der Waals surface area contributed by atoms with Crippen molar-refractivity contribution in [3.8, 4) is 0 Å². The number of nitrogens with zero attached hydrogens (tertiary/aromatic N) is 1. The first-order valence-corrected chi connectivity index (χ1v) is 31.9. The molecule has 424 valence electrons. The van der Waals surface area contributed by atoms with Crippen molar-refractivity contribution >= 4 is 13.7 Å². The normalized spacial score (nSPS) is 14.5. The highest BCUT2D eigenvalue weighted by Gasteiger charge is 2.24. The van der Waals surface area contributed by atoms with Crippen molar-refractivity contribution in [1.82, 2.24) is 5.32 Å². The number of hydrogen-bond donors (Lipinski definition) is 2.